The highest BCUT2D eigenvalue weighted by Gasteiger charge is 2.19. The summed E-state index contributed by atoms with van der Waals surface area (Å²) in [5, 5.41) is 13.1. The fourth-order valence-electron chi connectivity index (χ4n) is 2.45. The van der Waals surface area contributed by atoms with Gasteiger partial charge in [0.2, 0.25) is 11.8 Å². The largest absolute Gasteiger partial charge is 0.479 e. The normalized spacial score (nSPS) is 15.5. The van der Waals surface area contributed by atoms with Gasteiger partial charge >= 0.3 is 0 Å². The minimum Gasteiger partial charge on any atom is -0.479 e. The molecule has 0 bridgehead atoms. The molecule has 0 aromatic carbocycles. The molecular formula is C15H18ClN5O2. The Morgan fingerprint density at radius 3 is 2.61 bits per heavy atom. The molecule has 1 saturated heterocycles. The Hall–Kier alpha value is -2.12. The third kappa shape index (κ3) is 3.80. The number of hydrogen-bond donors (Lipinski definition) is 2. The van der Waals surface area contributed by atoms with Crippen LogP contribution in [-0.4, -0.2) is 46.4 Å². The summed E-state index contributed by atoms with van der Waals surface area (Å²) in [7, 11) is 1.57. The summed E-state index contributed by atoms with van der Waals surface area (Å²) in [5.74, 6) is 1.71. The van der Waals surface area contributed by atoms with Crippen LogP contribution in [0, 0.1) is 0 Å². The van der Waals surface area contributed by atoms with Crippen molar-refractivity contribution >= 4 is 29.1 Å². The van der Waals surface area contributed by atoms with E-state index in [2.05, 4.69) is 25.2 Å². The number of aliphatic hydroxyl groups is 1. The molecule has 3 rings (SSSR count). The first-order valence-corrected chi connectivity index (χ1v) is 7.76. The molecule has 2 aromatic rings. The number of ether oxygens (including phenoxy) is 1. The van der Waals surface area contributed by atoms with E-state index in [0.29, 0.717) is 22.5 Å². The number of rotatable bonds is 4. The van der Waals surface area contributed by atoms with Crippen LogP contribution in [0.1, 0.15) is 12.8 Å². The van der Waals surface area contributed by atoms with E-state index >= 15 is 0 Å². The van der Waals surface area contributed by atoms with Crippen LogP contribution in [0.15, 0.2) is 24.5 Å². The monoisotopic (exact) mass is 335 g/mol. The molecule has 2 N–H and O–H groups in total. The first-order chi connectivity index (χ1) is 11.2. The van der Waals surface area contributed by atoms with Gasteiger partial charge in [0, 0.05) is 13.1 Å². The number of nitrogens with one attached hydrogen (secondary N) is 1. The molecule has 0 aliphatic carbocycles. The molecule has 2 aromatic heterocycles. The second-order valence-corrected chi connectivity index (χ2v) is 5.73. The average Bonchev–Trinajstić information content (AvgIpc) is 2.58. The SMILES string of the molecule is COc1nc(N2CCC(O)CC2)ccc1Nc1ncc(Cl)cn1. The van der Waals surface area contributed by atoms with E-state index < -0.39 is 0 Å². The quantitative estimate of drug-likeness (QED) is 0.886. The molecule has 8 heteroatoms. The Bertz CT molecular complexity index is 659. The van der Waals surface area contributed by atoms with Crippen LogP contribution in [0.3, 0.4) is 0 Å². The zero-order chi connectivity index (χ0) is 16.2. The highest BCUT2D eigenvalue weighted by Crippen LogP contribution is 2.28. The lowest BCUT2D eigenvalue weighted by molar-refractivity contribution is 0.145. The first-order valence-electron chi connectivity index (χ1n) is 7.38. The van der Waals surface area contributed by atoms with Crippen LogP contribution in [0.2, 0.25) is 5.02 Å². The molecule has 0 radical (unpaired) electrons. The maximum atomic E-state index is 9.60. The minimum atomic E-state index is -0.212. The van der Waals surface area contributed by atoms with Crippen molar-refractivity contribution in [2.45, 2.75) is 18.9 Å². The summed E-state index contributed by atoms with van der Waals surface area (Å²) in [5.41, 5.74) is 0.676. The Morgan fingerprint density at radius 2 is 1.96 bits per heavy atom. The predicted octanol–water partition coefficient (Wildman–Crippen LogP) is 2.24. The third-order valence-electron chi connectivity index (χ3n) is 3.69. The lowest BCUT2D eigenvalue weighted by Crippen LogP contribution is -2.36. The third-order valence-corrected chi connectivity index (χ3v) is 3.89. The van der Waals surface area contributed by atoms with Gasteiger partial charge < -0.3 is 20.1 Å². The van der Waals surface area contributed by atoms with Gasteiger partial charge in [-0.15, -0.1) is 0 Å². The predicted molar refractivity (Wildman–Crippen MR) is 88.6 cm³/mol. The molecule has 1 fully saturated rings. The summed E-state index contributed by atoms with van der Waals surface area (Å²) in [6, 6.07) is 3.79. The summed E-state index contributed by atoms with van der Waals surface area (Å²) in [4.78, 5) is 14.9. The fourth-order valence-corrected chi connectivity index (χ4v) is 2.55. The molecule has 0 atom stereocenters. The van der Waals surface area contributed by atoms with E-state index in [4.69, 9.17) is 16.3 Å². The van der Waals surface area contributed by atoms with Gasteiger partial charge in [-0.05, 0) is 25.0 Å². The van der Waals surface area contributed by atoms with Crippen molar-refractivity contribution in [3.8, 4) is 5.88 Å². The van der Waals surface area contributed by atoms with Crippen molar-refractivity contribution in [1.82, 2.24) is 15.0 Å². The van der Waals surface area contributed by atoms with Crippen LogP contribution in [-0.2, 0) is 0 Å². The van der Waals surface area contributed by atoms with Crippen molar-refractivity contribution in [3.05, 3.63) is 29.5 Å². The van der Waals surface area contributed by atoms with Gasteiger partial charge in [-0.2, -0.15) is 4.98 Å². The second kappa shape index (κ2) is 6.97. The molecule has 7 nitrogen and oxygen atoms in total. The van der Waals surface area contributed by atoms with Crippen LogP contribution in [0.25, 0.3) is 0 Å². The maximum absolute atomic E-state index is 9.60. The minimum absolute atomic E-state index is 0.212. The zero-order valence-corrected chi connectivity index (χ0v) is 13.5. The summed E-state index contributed by atoms with van der Waals surface area (Å²) in [6.45, 7) is 1.56. The number of aromatic nitrogens is 3. The highest BCUT2D eigenvalue weighted by atomic mass is 35.5. The number of anilines is 3. The summed E-state index contributed by atoms with van der Waals surface area (Å²) < 4.78 is 5.36. The molecule has 1 aliphatic rings. The molecule has 0 unspecified atom stereocenters. The molecule has 0 saturated carbocycles. The lowest BCUT2D eigenvalue weighted by atomic mass is 10.1. The van der Waals surface area contributed by atoms with Gasteiger partial charge in [-0.1, -0.05) is 11.6 Å². The zero-order valence-electron chi connectivity index (χ0n) is 12.7. The first kappa shape index (κ1) is 15.8. The number of hydrogen-bond acceptors (Lipinski definition) is 7. The number of methoxy groups -OCH3 is 1. The van der Waals surface area contributed by atoms with Crippen molar-refractivity contribution < 1.29 is 9.84 Å². The number of pyridine rings is 1. The Morgan fingerprint density at radius 1 is 1.26 bits per heavy atom. The van der Waals surface area contributed by atoms with Crippen molar-refractivity contribution in [2.75, 3.05) is 30.4 Å². The molecule has 0 spiro atoms. The molecule has 122 valence electrons. The van der Waals surface area contributed by atoms with E-state index in [0.717, 1.165) is 31.7 Å². The van der Waals surface area contributed by atoms with E-state index in [1.165, 1.54) is 12.4 Å². The summed E-state index contributed by atoms with van der Waals surface area (Å²) in [6.07, 6.45) is 4.33. The number of piperidine rings is 1. The van der Waals surface area contributed by atoms with Crippen molar-refractivity contribution in [2.24, 2.45) is 0 Å². The smallest absolute Gasteiger partial charge is 0.239 e. The lowest BCUT2D eigenvalue weighted by Gasteiger charge is -2.30. The molecule has 23 heavy (non-hydrogen) atoms. The number of nitrogens with zero attached hydrogens (tertiary/aromatic N) is 4. The number of halogens is 1. The average molecular weight is 336 g/mol. The van der Waals surface area contributed by atoms with E-state index in [-0.39, 0.29) is 6.10 Å². The van der Waals surface area contributed by atoms with Crippen molar-refractivity contribution in [1.29, 1.82) is 0 Å². The van der Waals surface area contributed by atoms with E-state index in [9.17, 15) is 5.11 Å². The van der Waals surface area contributed by atoms with Crippen LogP contribution in [0.4, 0.5) is 17.5 Å². The molecule has 3 heterocycles. The van der Waals surface area contributed by atoms with Gasteiger partial charge in [0.1, 0.15) is 11.5 Å². The Kier molecular flexibility index (Phi) is 4.78. The maximum Gasteiger partial charge on any atom is 0.239 e. The molecule has 0 amide bonds. The van der Waals surface area contributed by atoms with Crippen LogP contribution >= 0.6 is 11.6 Å². The second-order valence-electron chi connectivity index (χ2n) is 5.29. The van der Waals surface area contributed by atoms with Gasteiger partial charge in [0.15, 0.2) is 0 Å². The Balaban J connectivity index is 1.78. The standard InChI is InChI=1S/C15H18ClN5O2/c1-23-14-12(19-15-17-8-10(16)9-18-15)2-3-13(20-14)21-6-4-11(22)5-7-21/h2-3,8-9,11,22H,4-7H2,1H3,(H,17,18,19). The van der Waals surface area contributed by atoms with Crippen molar-refractivity contribution in [3.63, 3.8) is 0 Å². The van der Waals surface area contributed by atoms with Gasteiger partial charge in [0.05, 0.1) is 30.6 Å². The van der Waals surface area contributed by atoms with Gasteiger partial charge in [-0.25, -0.2) is 9.97 Å². The summed E-state index contributed by atoms with van der Waals surface area (Å²) >= 11 is 5.78. The van der Waals surface area contributed by atoms with Crippen LogP contribution in [0.5, 0.6) is 5.88 Å². The van der Waals surface area contributed by atoms with E-state index in [1.54, 1.807) is 7.11 Å². The topological polar surface area (TPSA) is 83.4 Å². The molecule has 1 aliphatic heterocycles. The highest BCUT2D eigenvalue weighted by molar-refractivity contribution is 6.30. The van der Waals surface area contributed by atoms with Gasteiger partial charge in [0.25, 0.3) is 0 Å². The van der Waals surface area contributed by atoms with Crippen LogP contribution < -0.4 is 15.0 Å². The Labute approximate surface area is 139 Å². The fraction of sp³-hybridized carbons (Fsp3) is 0.400. The number of aliphatic hydroxyl groups excluding tert-OH is 1. The van der Waals surface area contributed by atoms with Gasteiger partial charge in [-0.3, -0.25) is 0 Å². The molecular weight excluding hydrogens is 318 g/mol. The van der Waals surface area contributed by atoms with E-state index in [1.807, 2.05) is 12.1 Å².